The zero-order valence-corrected chi connectivity index (χ0v) is 12.0. The Bertz CT molecular complexity index is 516. The Morgan fingerprint density at radius 3 is 2.50 bits per heavy atom. The van der Waals surface area contributed by atoms with Gasteiger partial charge in [0.25, 0.3) is 0 Å². The van der Waals surface area contributed by atoms with Crippen molar-refractivity contribution in [1.29, 1.82) is 0 Å². The average molecular weight is 276 g/mol. The first-order valence-corrected chi connectivity index (χ1v) is 6.53. The van der Waals surface area contributed by atoms with Crippen LogP contribution in [-0.2, 0) is 9.59 Å². The first-order chi connectivity index (χ1) is 9.49. The quantitative estimate of drug-likeness (QED) is 0.841. The molecule has 0 saturated carbocycles. The molecule has 6 heteroatoms. The Balaban J connectivity index is 1.99. The molecule has 1 heterocycles. The molecule has 1 aromatic carbocycles. The lowest BCUT2D eigenvalue weighted by atomic mass is 10.1. The van der Waals surface area contributed by atoms with Gasteiger partial charge in [0.05, 0.1) is 17.9 Å². The summed E-state index contributed by atoms with van der Waals surface area (Å²) in [7, 11) is 5.00. The van der Waals surface area contributed by atoms with Gasteiger partial charge in [-0.05, 0) is 12.1 Å². The van der Waals surface area contributed by atoms with Gasteiger partial charge in [-0.2, -0.15) is 0 Å². The standard InChI is InChI=1S/C14H20N4O2/c1-17(2)13(19)9-18(3)14(20)12-8-15-10-6-4-5-7-11(10)16-12/h4-7,12,15-16H,8-9H2,1-3H3. The smallest absolute Gasteiger partial charge is 0.247 e. The summed E-state index contributed by atoms with van der Waals surface area (Å²) >= 11 is 0. The molecule has 6 nitrogen and oxygen atoms in total. The predicted molar refractivity (Wildman–Crippen MR) is 78.7 cm³/mol. The second-order valence-corrected chi connectivity index (χ2v) is 5.11. The summed E-state index contributed by atoms with van der Waals surface area (Å²) in [5, 5.41) is 6.42. The predicted octanol–water partition coefficient (Wildman–Crippen LogP) is 0.439. The molecule has 108 valence electrons. The van der Waals surface area contributed by atoms with Crippen molar-refractivity contribution in [1.82, 2.24) is 9.80 Å². The Hall–Kier alpha value is -2.24. The number of benzene rings is 1. The SMILES string of the molecule is CN(C)C(=O)CN(C)C(=O)C1CNc2ccccc2N1. The van der Waals surface area contributed by atoms with E-state index in [1.165, 1.54) is 9.80 Å². The molecule has 0 saturated heterocycles. The molecule has 1 atom stereocenters. The highest BCUT2D eigenvalue weighted by molar-refractivity contribution is 5.91. The summed E-state index contributed by atoms with van der Waals surface area (Å²) in [6, 6.07) is 7.39. The second-order valence-electron chi connectivity index (χ2n) is 5.11. The van der Waals surface area contributed by atoms with Crippen LogP contribution in [0, 0.1) is 0 Å². The monoisotopic (exact) mass is 276 g/mol. The minimum absolute atomic E-state index is 0.0889. The minimum atomic E-state index is -0.357. The maximum Gasteiger partial charge on any atom is 0.247 e. The number of nitrogens with zero attached hydrogens (tertiary/aromatic N) is 2. The van der Waals surface area contributed by atoms with Gasteiger partial charge in [0.15, 0.2) is 0 Å². The number of hydrogen-bond acceptors (Lipinski definition) is 4. The third kappa shape index (κ3) is 3.01. The zero-order valence-electron chi connectivity index (χ0n) is 12.0. The van der Waals surface area contributed by atoms with Crippen molar-refractivity contribution in [2.24, 2.45) is 0 Å². The molecule has 0 bridgehead atoms. The van der Waals surface area contributed by atoms with Crippen LogP contribution in [0.1, 0.15) is 0 Å². The summed E-state index contributed by atoms with van der Waals surface area (Å²) in [4.78, 5) is 26.9. The van der Waals surface area contributed by atoms with E-state index in [9.17, 15) is 9.59 Å². The minimum Gasteiger partial charge on any atom is -0.381 e. The van der Waals surface area contributed by atoms with Gasteiger partial charge in [0.2, 0.25) is 11.8 Å². The van der Waals surface area contributed by atoms with Crippen LogP contribution in [0.25, 0.3) is 0 Å². The van der Waals surface area contributed by atoms with Crippen LogP contribution in [0.2, 0.25) is 0 Å². The van der Waals surface area contributed by atoms with Gasteiger partial charge < -0.3 is 20.4 Å². The largest absolute Gasteiger partial charge is 0.381 e. The van der Waals surface area contributed by atoms with Crippen molar-refractivity contribution in [3.05, 3.63) is 24.3 Å². The Morgan fingerprint density at radius 1 is 1.20 bits per heavy atom. The fraction of sp³-hybridized carbons (Fsp3) is 0.429. The Morgan fingerprint density at radius 2 is 1.85 bits per heavy atom. The summed E-state index contributed by atoms with van der Waals surface area (Å²) in [5.41, 5.74) is 1.90. The molecule has 1 aliphatic rings. The zero-order chi connectivity index (χ0) is 14.7. The van der Waals surface area contributed by atoms with Crippen LogP contribution < -0.4 is 10.6 Å². The number of hydrogen-bond donors (Lipinski definition) is 2. The molecule has 1 unspecified atom stereocenters. The first kappa shape index (κ1) is 14.2. The number of likely N-dealkylation sites (N-methyl/N-ethyl adjacent to an activating group) is 2. The van der Waals surface area contributed by atoms with E-state index in [0.29, 0.717) is 6.54 Å². The number of rotatable bonds is 3. The molecular weight excluding hydrogens is 256 g/mol. The molecule has 0 fully saturated rings. The molecule has 20 heavy (non-hydrogen) atoms. The molecule has 2 amide bonds. The number of carbonyl (C=O) groups excluding carboxylic acids is 2. The lowest BCUT2D eigenvalue weighted by Gasteiger charge is -2.30. The Labute approximate surface area is 118 Å². The van der Waals surface area contributed by atoms with Crippen LogP contribution >= 0.6 is 0 Å². The number of carbonyl (C=O) groups is 2. The van der Waals surface area contributed by atoms with Crippen LogP contribution in [0.15, 0.2) is 24.3 Å². The maximum absolute atomic E-state index is 12.3. The number of fused-ring (bicyclic) bond motifs is 1. The van der Waals surface area contributed by atoms with E-state index in [1.54, 1.807) is 21.1 Å². The van der Waals surface area contributed by atoms with Gasteiger partial charge in [-0.3, -0.25) is 9.59 Å². The van der Waals surface area contributed by atoms with Gasteiger partial charge in [0, 0.05) is 27.7 Å². The third-order valence-corrected chi connectivity index (χ3v) is 3.30. The van der Waals surface area contributed by atoms with E-state index in [4.69, 9.17) is 0 Å². The van der Waals surface area contributed by atoms with Crippen LogP contribution in [0.5, 0.6) is 0 Å². The topological polar surface area (TPSA) is 64.7 Å². The van der Waals surface area contributed by atoms with Crippen molar-refractivity contribution >= 4 is 23.2 Å². The van der Waals surface area contributed by atoms with Crippen LogP contribution in [0.3, 0.4) is 0 Å². The van der Waals surface area contributed by atoms with Gasteiger partial charge in [-0.1, -0.05) is 12.1 Å². The van der Waals surface area contributed by atoms with Gasteiger partial charge in [-0.25, -0.2) is 0 Å². The summed E-state index contributed by atoms with van der Waals surface area (Å²) in [5.74, 6) is -0.188. The van der Waals surface area contributed by atoms with Gasteiger partial charge >= 0.3 is 0 Å². The summed E-state index contributed by atoms with van der Waals surface area (Å²) < 4.78 is 0. The molecule has 1 aliphatic heterocycles. The van der Waals surface area contributed by atoms with Gasteiger partial charge in [-0.15, -0.1) is 0 Å². The van der Waals surface area contributed by atoms with Crippen molar-refractivity contribution in [2.75, 3.05) is 44.9 Å². The lowest BCUT2D eigenvalue weighted by Crippen LogP contribution is -2.49. The molecule has 0 aromatic heterocycles. The third-order valence-electron chi connectivity index (χ3n) is 3.30. The Kier molecular flexibility index (Phi) is 4.12. The maximum atomic E-state index is 12.3. The lowest BCUT2D eigenvalue weighted by molar-refractivity contribution is -0.138. The number of para-hydroxylation sites is 2. The highest BCUT2D eigenvalue weighted by Crippen LogP contribution is 2.25. The van der Waals surface area contributed by atoms with Crippen LogP contribution in [-0.4, -0.2) is 61.9 Å². The van der Waals surface area contributed by atoms with E-state index in [2.05, 4.69) is 10.6 Å². The highest BCUT2D eigenvalue weighted by Gasteiger charge is 2.27. The van der Waals surface area contributed by atoms with E-state index < -0.39 is 0 Å². The summed E-state index contributed by atoms with van der Waals surface area (Å²) in [6.07, 6.45) is 0. The van der Waals surface area contributed by atoms with Crippen LogP contribution in [0.4, 0.5) is 11.4 Å². The van der Waals surface area contributed by atoms with Crippen molar-refractivity contribution < 1.29 is 9.59 Å². The van der Waals surface area contributed by atoms with E-state index in [1.807, 2.05) is 24.3 Å². The number of amides is 2. The number of nitrogens with one attached hydrogen (secondary N) is 2. The van der Waals surface area contributed by atoms with Crippen molar-refractivity contribution in [3.8, 4) is 0 Å². The average Bonchev–Trinajstić information content (AvgIpc) is 2.45. The second kappa shape index (κ2) is 5.81. The molecule has 1 aromatic rings. The molecule has 2 N–H and O–H groups in total. The normalized spacial score (nSPS) is 16.4. The van der Waals surface area contributed by atoms with Crippen molar-refractivity contribution in [2.45, 2.75) is 6.04 Å². The molecule has 0 radical (unpaired) electrons. The van der Waals surface area contributed by atoms with E-state index in [-0.39, 0.29) is 24.4 Å². The molecule has 0 spiro atoms. The fourth-order valence-corrected chi connectivity index (χ4v) is 2.05. The first-order valence-electron chi connectivity index (χ1n) is 6.53. The highest BCUT2D eigenvalue weighted by atomic mass is 16.2. The fourth-order valence-electron chi connectivity index (χ4n) is 2.05. The summed E-state index contributed by atoms with van der Waals surface area (Å²) in [6.45, 7) is 0.599. The van der Waals surface area contributed by atoms with Crippen molar-refractivity contribution in [3.63, 3.8) is 0 Å². The molecule has 2 rings (SSSR count). The number of anilines is 2. The molecular formula is C14H20N4O2. The molecule has 0 aliphatic carbocycles. The van der Waals surface area contributed by atoms with E-state index >= 15 is 0 Å². The van der Waals surface area contributed by atoms with E-state index in [0.717, 1.165) is 11.4 Å². The van der Waals surface area contributed by atoms with Gasteiger partial charge in [0.1, 0.15) is 6.04 Å².